The molecule has 0 bridgehead atoms. The molecular weight excluding hydrogens is 458 g/mol. The van der Waals surface area contributed by atoms with Crippen LogP contribution in [-0.4, -0.2) is 63.6 Å². The molecule has 0 aliphatic rings. The van der Waals surface area contributed by atoms with Crippen LogP contribution in [0.15, 0.2) is 42.5 Å². The standard InChI is InChI=1S/C24H31N3O6S/c1-4-32-24(29)16-20-17(2)25-22-15-18(9-10-19(20)22)33-14-12-27(11-13-28)23-8-6-5-7-21(23)26-34(3,30)31/h5-10,15,25-26,28H,4,11-14,16H2,1-3H3. The van der Waals surface area contributed by atoms with Gasteiger partial charge in [-0.25, -0.2) is 8.42 Å². The van der Waals surface area contributed by atoms with E-state index in [0.29, 0.717) is 43.4 Å². The van der Waals surface area contributed by atoms with Gasteiger partial charge >= 0.3 is 5.97 Å². The van der Waals surface area contributed by atoms with Crippen molar-refractivity contribution in [1.29, 1.82) is 0 Å². The van der Waals surface area contributed by atoms with Crippen molar-refractivity contribution >= 4 is 38.3 Å². The van der Waals surface area contributed by atoms with Crippen LogP contribution < -0.4 is 14.4 Å². The molecule has 3 rings (SSSR count). The Morgan fingerprint density at radius 3 is 2.65 bits per heavy atom. The number of para-hydroxylation sites is 2. The van der Waals surface area contributed by atoms with E-state index >= 15 is 0 Å². The fourth-order valence-corrected chi connectivity index (χ4v) is 4.40. The average molecular weight is 490 g/mol. The number of anilines is 2. The van der Waals surface area contributed by atoms with Crippen molar-refractivity contribution < 1.29 is 27.8 Å². The van der Waals surface area contributed by atoms with Gasteiger partial charge in [0.1, 0.15) is 12.4 Å². The molecule has 0 amide bonds. The summed E-state index contributed by atoms with van der Waals surface area (Å²) in [5, 5.41) is 10.5. The number of sulfonamides is 1. The first-order chi connectivity index (χ1) is 16.2. The minimum atomic E-state index is -3.45. The van der Waals surface area contributed by atoms with Crippen LogP contribution in [0.25, 0.3) is 10.9 Å². The van der Waals surface area contributed by atoms with Crippen LogP contribution >= 0.6 is 0 Å². The van der Waals surface area contributed by atoms with Gasteiger partial charge in [0.25, 0.3) is 0 Å². The second-order valence-electron chi connectivity index (χ2n) is 7.87. The number of ether oxygens (including phenoxy) is 2. The van der Waals surface area contributed by atoms with Crippen molar-refractivity contribution in [3.63, 3.8) is 0 Å². The summed E-state index contributed by atoms with van der Waals surface area (Å²) in [5.74, 6) is 0.393. The fourth-order valence-electron chi connectivity index (χ4n) is 3.83. The number of aryl methyl sites for hydroxylation is 1. The number of hydrogen-bond acceptors (Lipinski definition) is 7. The van der Waals surface area contributed by atoms with Crippen molar-refractivity contribution in [3.8, 4) is 5.75 Å². The molecule has 3 aromatic rings. The average Bonchev–Trinajstić information content (AvgIpc) is 3.07. The third-order valence-electron chi connectivity index (χ3n) is 5.26. The second kappa shape index (κ2) is 11.3. The number of rotatable bonds is 12. The van der Waals surface area contributed by atoms with E-state index in [9.17, 15) is 18.3 Å². The number of esters is 1. The smallest absolute Gasteiger partial charge is 0.310 e. The first-order valence-electron chi connectivity index (χ1n) is 11.0. The largest absolute Gasteiger partial charge is 0.492 e. The summed E-state index contributed by atoms with van der Waals surface area (Å²) < 4.78 is 37.0. The highest BCUT2D eigenvalue weighted by Crippen LogP contribution is 2.28. The van der Waals surface area contributed by atoms with E-state index in [1.807, 2.05) is 36.1 Å². The molecule has 0 saturated carbocycles. The summed E-state index contributed by atoms with van der Waals surface area (Å²) in [6.45, 7) is 5.02. The first-order valence-corrected chi connectivity index (χ1v) is 12.9. The van der Waals surface area contributed by atoms with E-state index in [4.69, 9.17) is 9.47 Å². The molecule has 0 atom stereocenters. The summed E-state index contributed by atoms with van der Waals surface area (Å²) >= 11 is 0. The molecule has 0 spiro atoms. The van der Waals surface area contributed by atoms with Gasteiger partial charge in [-0.15, -0.1) is 0 Å². The highest BCUT2D eigenvalue weighted by molar-refractivity contribution is 7.92. The van der Waals surface area contributed by atoms with Crippen molar-refractivity contribution in [1.82, 2.24) is 4.98 Å². The highest BCUT2D eigenvalue weighted by Gasteiger charge is 2.15. The van der Waals surface area contributed by atoms with E-state index in [1.54, 1.807) is 25.1 Å². The van der Waals surface area contributed by atoms with Crippen LogP contribution in [0.1, 0.15) is 18.2 Å². The SMILES string of the molecule is CCOC(=O)Cc1c(C)[nH]c2cc(OCCN(CCO)c3ccccc3NS(C)(=O)=O)ccc12. The van der Waals surface area contributed by atoms with Gasteiger partial charge in [-0.3, -0.25) is 9.52 Å². The molecule has 0 aliphatic carbocycles. The number of benzene rings is 2. The van der Waals surface area contributed by atoms with E-state index in [-0.39, 0.29) is 19.0 Å². The minimum Gasteiger partial charge on any atom is -0.492 e. The molecular formula is C24H31N3O6S. The minimum absolute atomic E-state index is 0.0931. The number of H-pyrrole nitrogens is 1. The van der Waals surface area contributed by atoms with Crippen LogP contribution in [0.2, 0.25) is 0 Å². The number of aliphatic hydroxyl groups excluding tert-OH is 1. The van der Waals surface area contributed by atoms with Gasteiger partial charge in [0.05, 0.1) is 43.8 Å². The quantitative estimate of drug-likeness (QED) is 0.335. The summed E-state index contributed by atoms with van der Waals surface area (Å²) in [5.41, 5.74) is 3.78. The summed E-state index contributed by atoms with van der Waals surface area (Å²) in [6.07, 6.45) is 1.30. The molecule has 10 heteroatoms. The number of hydrogen-bond donors (Lipinski definition) is 3. The summed E-state index contributed by atoms with van der Waals surface area (Å²) in [6, 6.07) is 12.7. The highest BCUT2D eigenvalue weighted by atomic mass is 32.2. The monoisotopic (exact) mass is 489 g/mol. The molecule has 3 N–H and O–H groups in total. The third kappa shape index (κ3) is 6.64. The van der Waals surface area contributed by atoms with Gasteiger partial charge < -0.3 is 24.5 Å². The second-order valence-corrected chi connectivity index (χ2v) is 9.62. The normalized spacial score (nSPS) is 11.4. The zero-order chi connectivity index (χ0) is 24.7. The third-order valence-corrected chi connectivity index (χ3v) is 5.85. The maximum atomic E-state index is 11.9. The molecule has 34 heavy (non-hydrogen) atoms. The molecule has 0 aliphatic heterocycles. The molecule has 0 saturated heterocycles. The predicted octanol–water partition coefficient (Wildman–Crippen LogP) is 2.83. The molecule has 2 aromatic carbocycles. The van der Waals surface area contributed by atoms with Crippen LogP contribution in [0.5, 0.6) is 5.75 Å². The number of aromatic amines is 1. The Hall–Kier alpha value is -3.24. The van der Waals surface area contributed by atoms with Crippen LogP contribution in [0.4, 0.5) is 11.4 Å². The molecule has 1 heterocycles. The Balaban J connectivity index is 1.71. The Morgan fingerprint density at radius 2 is 1.94 bits per heavy atom. The molecule has 1 aromatic heterocycles. The number of nitrogens with one attached hydrogen (secondary N) is 2. The number of carbonyl (C=O) groups is 1. The van der Waals surface area contributed by atoms with Gasteiger partial charge in [0.15, 0.2) is 0 Å². The van der Waals surface area contributed by atoms with Crippen molar-refractivity contribution in [2.75, 3.05) is 48.8 Å². The lowest BCUT2D eigenvalue weighted by molar-refractivity contribution is -0.142. The van der Waals surface area contributed by atoms with Crippen molar-refractivity contribution in [2.45, 2.75) is 20.3 Å². The molecule has 184 valence electrons. The van der Waals surface area contributed by atoms with E-state index in [2.05, 4.69) is 9.71 Å². The topological polar surface area (TPSA) is 121 Å². The maximum Gasteiger partial charge on any atom is 0.310 e. The Bertz CT molecular complexity index is 1240. The lowest BCUT2D eigenvalue weighted by Gasteiger charge is -2.26. The summed E-state index contributed by atoms with van der Waals surface area (Å²) in [7, 11) is -3.45. The number of fused-ring (bicyclic) bond motifs is 1. The van der Waals surface area contributed by atoms with E-state index < -0.39 is 10.0 Å². The Morgan fingerprint density at radius 1 is 1.18 bits per heavy atom. The van der Waals surface area contributed by atoms with Gasteiger partial charge in [0, 0.05) is 29.2 Å². The van der Waals surface area contributed by atoms with E-state index in [0.717, 1.165) is 28.4 Å². The summed E-state index contributed by atoms with van der Waals surface area (Å²) in [4.78, 5) is 17.1. The van der Waals surface area contributed by atoms with E-state index in [1.165, 1.54) is 0 Å². The first kappa shape index (κ1) is 25.4. The number of aliphatic hydroxyl groups is 1. The van der Waals surface area contributed by atoms with Crippen LogP contribution in [-0.2, 0) is 26.0 Å². The van der Waals surface area contributed by atoms with Gasteiger partial charge in [-0.05, 0) is 43.7 Å². The molecule has 0 radical (unpaired) electrons. The maximum absolute atomic E-state index is 11.9. The number of aromatic nitrogens is 1. The van der Waals surface area contributed by atoms with Crippen LogP contribution in [0.3, 0.4) is 0 Å². The molecule has 0 fully saturated rings. The Labute approximate surface area is 199 Å². The lowest BCUT2D eigenvalue weighted by Crippen LogP contribution is -2.32. The van der Waals surface area contributed by atoms with Crippen molar-refractivity contribution in [2.24, 2.45) is 0 Å². The lowest BCUT2D eigenvalue weighted by atomic mass is 10.1. The number of nitrogens with zero attached hydrogens (tertiary/aromatic N) is 1. The zero-order valence-electron chi connectivity index (χ0n) is 19.6. The molecule has 0 unspecified atom stereocenters. The van der Waals surface area contributed by atoms with Gasteiger partial charge in [-0.1, -0.05) is 12.1 Å². The zero-order valence-corrected chi connectivity index (χ0v) is 20.4. The van der Waals surface area contributed by atoms with Crippen molar-refractivity contribution in [3.05, 3.63) is 53.7 Å². The van der Waals surface area contributed by atoms with Gasteiger partial charge in [-0.2, -0.15) is 0 Å². The predicted molar refractivity (Wildman–Crippen MR) is 133 cm³/mol. The fraction of sp³-hybridized carbons (Fsp3) is 0.375. The number of carbonyl (C=O) groups excluding carboxylic acids is 1. The van der Waals surface area contributed by atoms with Crippen LogP contribution in [0, 0.1) is 6.92 Å². The Kier molecular flexibility index (Phi) is 8.41. The molecule has 9 nitrogen and oxygen atoms in total. The van der Waals surface area contributed by atoms with Gasteiger partial charge in [0.2, 0.25) is 10.0 Å².